The first-order chi connectivity index (χ1) is 8.70. The highest BCUT2D eigenvalue weighted by Gasteiger charge is 2.11. The average Bonchev–Trinajstić information content (AvgIpc) is 2.98. The van der Waals surface area contributed by atoms with E-state index < -0.39 is 0 Å². The van der Waals surface area contributed by atoms with Crippen molar-refractivity contribution in [2.75, 3.05) is 6.54 Å². The van der Waals surface area contributed by atoms with Gasteiger partial charge in [-0.3, -0.25) is 9.89 Å². The summed E-state index contributed by atoms with van der Waals surface area (Å²) in [4.78, 5) is 19.9. The monoisotopic (exact) mass is 248 g/mol. The Morgan fingerprint density at radius 3 is 3.00 bits per heavy atom. The van der Waals surface area contributed by atoms with Crippen molar-refractivity contribution >= 4 is 5.91 Å². The van der Waals surface area contributed by atoms with Crippen LogP contribution >= 0.6 is 0 Å². The van der Waals surface area contributed by atoms with Crippen molar-refractivity contribution in [1.29, 1.82) is 0 Å². The van der Waals surface area contributed by atoms with Gasteiger partial charge in [0.2, 0.25) is 5.82 Å². The van der Waals surface area contributed by atoms with E-state index in [9.17, 15) is 4.79 Å². The SMILES string of the molecule is CCc1nc(C(=O)NCCc2nccn2C)n[nH]1. The molecule has 0 aliphatic rings. The highest BCUT2D eigenvalue weighted by Crippen LogP contribution is 1.96. The van der Waals surface area contributed by atoms with Gasteiger partial charge in [0, 0.05) is 38.8 Å². The summed E-state index contributed by atoms with van der Waals surface area (Å²) in [5.41, 5.74) is 0. The first-order valence-electron chi connectivity index (χ1n) is 5.86. The molecular formula is C11H16N6O. The summed E-state index contributed by atoms with van der Waals surface area (Å²) < 4.78 is 1.92. The number of nitrogens with one attached hydrogen (secondary N) is 2. The number of H-pyrrole nitrogens is 1. The van der Waals surface area contributed by atoms with E-state index in [1.54, 1.807) is 6.20 Å². The zero-order valence-electron chi connectivity index (χ0n) is 10.5. The molecule has 0 radical (unpaired) electrons. The lowest BCUT2D eigenvalue weighted by Crippen LogP contribution is -2.27. The van der Waals surface area contributed by atoms with Crippen molar-refractivity contribution in [3.63, 3.8) is 0 Å². The number of aryl methyl sites for hydroxylation is 2. The van der Waals surface area contributed by atoms with Gasteiger partial charge >= 0.3 is 0 Å². The molecule has 1 amide bonds. The molecule has 0 atom stereocenters. The fourth-order valence-corrected chi connectivity index (χ4v) is 1.56. The number of carbonyl (C=O) groups is 1. The third-order valence-electron chi connectivity index (χ3n) is 2.62. The van der Waals surface area contributed by atoms with Crippen LogP contribution in [0.25, 0.3) is 0 Å². The van der Waals surface area contributed by atoms with E-state index >= 15 is 0 Å². The van der Waals surface area contributed by atoms with Gasteiger partial charge in [0.05, 0.1) is 0 Å². The van der Waals surface area contributed by atoms with Crippen molar-refractivity contribution in [3.8, 4) is 0 Å². The Kier molecular flexibility index (Phi) is 3.71. The quantitative estimate of drug-likeness (QED) is 0.784. The zero-order valence-corrected chi connectivity index (χ0v) is 10.5. The van der Waals surface area contributed by atoms with Crippen molar-refractivity contribution < 1.29 is 4.79 Å². The molecule has 0 aliphatic carbocycles. The second kappa shape index (κ2) is 5.44. The van der Waals surface area contributed by atoms with Crippen LogP contribution in [0.3, 0.4) is 0 Å². The van der Waals surface area contributed by atoms with Crippen LogP contribution in [0.15, 0.2) is 12.4 Å². The lowest BCUT2D eigenvalue weighted by Gasteiger charge is -2.02. The van der Waals surface area contributed by atoms with Gasteiger partial charge in [-0.2, -0.15) is 0 Å². The fourth-order valence-electron chi connectivity index (χ4n) is 1.56. The molecule has 2 N–H and O–H groups in total. The molecule has 7 heteroatoms. The third kappa shape index (κ3) is 2.73. The molecule has 18 heavy (non-hydrogen) atoms. The van der Waals surface area contributed by atoms with Gasteiger partial charge in [0.1, 0.15) is 11.6 Å². The molecule has 96 valence electrons. The largest absolute Gasteiger partial charge is 0.349 e. The van der Waals surface area contributed by atoms with E-state index in [0.717, 1.165) is 12.2 Å². The molecule has 0 unspecified atom stereocenters. The molecule has 2 aromatic heterocycles. The van der Waals surface area contributed by atoms with Crippen LogP contribution in [0.2, 0.25) is 0 Å². The molecule has 7 nitrogen and oxygen atoms in total. The lowest BCUT2D eigenvalue weighted by molar-refractivity contribution is 0.0944. The summed E-state index contributed by atoms with van der Waals surface area (Å²) in [6.45, 7) is 2.46. The Morgan fingerprint density at radius 2 is 2.39 bits per heavy atom. The minimum Gasteiger partial charge on any atom is -0.349 e. The molecule has 0 fully saturated rings. The Labute approximate surface area is 105 Å². The predicted octanol–water partition coefficient (Wildman–Crippen LogP) is 0.0731. The first-order valence-corrected chi connectivity index (χ1v) is 5.86. The molecule has 2 aromatic rings. The predicted molar refractivity (Wildman–Crippen MR) is 65.0 cm³/mol. The smallest absolute Gasteiger partial charge is 0.290 e. The highest BCUT2D eigenvalue weighted by molar-refractivity contribution is 5.90. The van der Waals surface area contributed by atoms with Gasteiger partial charge < -0.3 is 9.88 Å². The van der Waals surface area contributed by atoms with Crippen LogP contribution in [0.4, 0.5) is 0 Å². The summed E-state index contributed by atoms with van der Waals surface area (Å²) in [6.07, 6.45) is 5.02. The first kappa shape index (κ1) is 12.3. The van der Waals surface area contributed by atoms with Crippen molar-refractivity contribution in [2.24, 2.45) is 7.05 Å². The molecule has 0 aliphatic heterocycles. The van der Waals surface area contributed by atoms with Gasteiger partial charge in [-0.1, -0.05) is 6.92 Å². The van der Waals surface area contributed by atoms with Gasteiger partial charge in [-0.25, -0.2) is 9.97 Å². The molecule has 2 heterocycles. The highest BCUT2D eigenvalue weighted by atomic mass is 16.2. The molecule has 0 bridgehead atoms. The number of aromatic amines is 1. The number of hydrogen-bond donors (Lipinski definition) is 2. The molecule has 0 spiro atoms. The Balaban J connectivity index is 1.83. The number of aromatic nitrogens is 5. The van der Waals surface area contributed by atoms with E-state index in [0.29, 0.717) is 18.8 Å². The molecule has 0 aromatic carbocycles. The van der Waals surface area contributed by atoms with E-state index in [1.807, 2.05) is 24.7 Å². The van der Waals surface area contributed by atoms with Crippen LogP contribution in [0.5, 0.6) is 0 Å². The van der Waals surface area contributed by atoms with Gasteiger partial charge in [-0.05, 0) is 0 Å². The molecule has 0 saturated carbocycles. The number of imidazole rings is 1. The number of hydrogen-bond acceptors (Lipinski definition) is 4. The average molecular weight is 248 g/mol. The third-order valence-corrected chi connectivity index (χ3v) is 2.62. The Morgan fingerprint density at radius 1 is 1.56 bits per heavy atom. The minimum atomic E-state index is -0.264. The van der Waals surface area contributed by atoms with Gasteiger partial charge in [0.25, 0.3) is 5.91 Å². The van der Waals surface area contributed by atoms with Crippen molar-refractivity contribution in [3.05, 3.63) is 29.9 Å². The summed E-state index contributed by atoms with van der Waals surface area (Å²) in [5, 5.41) is 9.33. The summed E-state index contributed by atoms with van der Waals surface area (Å²) in [7, 11) is 1.92. The van der Waals surface area contributed by atoms with E-state index in [-0.39, 0.29) is 11.7 Å². The lowest BCUT2D eigenvalue weighted by atomic mass is 10.4. The van der Waals surface area contributed by atoms with Crippen LogP contribution in [-0.4, -0.2) is 37.2 Å². The summed E-state index contributed by atoms with van der Waals surface area (Å²) in [5.74, 6) is 1.57. The van der Waals surface area contributed by atoms with Crippen LogP contribution in [0, 0.1) is 0 Å². The van der Waals surface area contributed by atoms with Gasteiger partial charge in [0.15, 0.2) is 0 Å². The summed E-state index contributed by atoms with van der Waals surface area (Å²) in [6, 6.07) is 0. The number of carbonyl (C=O) groups excluding carboxylic acids is 1. The number of rotatable bonds is 5. The van der Waals surface area contributed by atoms with E-state index in [2.05, 4.69) is 25.5 Å². The second-order valence-electron chi connectivity index (χ2n) is 3.92. The van der Waals surface area contributed by atoms with Crippen molar-refractivity contribution in [2.45, 2.75) is 19.8 Å². The maximum atomic E-state index is 11.7. The maximum absolute atomic E-state index is 11.7. The number of amides is 1. The maximum Gasteiger partial charge on any atom is 0.290 e. The van der Waals surface area contributed by atoms with Crippen LogP contribution < -0.4 is 5.32 Å². The molecular weight excluding hydrogens is 232 g/mol. The molecule has 2 rings (SSSR count). The Hall–Kier alpha value is -2.18. The Bertz CT molecular complexity index is 529. The second-order valence-corrected chi connectivity index (χ2v) is 3.92. The van der Waals surface area contributed by atoms with E-state index in [1.165, 1.54) is 0 Å². The van der Waals surface area contributed by atoms with Gasteiger partial charge in [-0.15, -0.1) is 5.10 Å². The van der Waals surface area contributed by atoms with Crippen LogP contribution in [-0.2, 0) is 19.9 Å². The standard InChI is InChI=1S/C11H16N6O/c1-3-8-14-10(16-15-8)11(18)13-5-4-9-12-6-7-17(9)2/h6-7H,3-5H2,1-2H3,(H,13,18)(H,14,15,16). The zero-order chi connectivity index (χ0) is 13.0. The number of nitrogens with zero attached hydrogens (tertiary/aromatic N) is 4. The normalized spacial score (nSPS) is 10.6. The van der Waals surface area contributed by atoms with Crippen molar-refractivity contribution in [1.82, 2.24) is 30.0 Å². The summed E-state index contributed by atoms with van der Waals surface area (Å²) >= 11 is 0. The molecule has 0 saturated heterocycles. The van der Waals surface area contributed by atoms with E-state index in [4.69, 9.17) is 0 Å². The van der Waals surface area contributed by atoms with Crippen LogP contribution in [0.1, 0.15) is 29.2 Å². The fraction of sp³-hybridized carbons (Fsp3) is 0.455. The topological polar surface area (TPSA) is 88.5 Å². The minimum absolute atomic E-state index is 0.187.